The second kappa shape index (κ2) is 10.4. The predicted molar refractivity (Wildman–Crippen MR) is 124 cm³/mol. The molecule has 0 fully saturated rings. The summed E-state index contributed by atoms with van der Waals surface area (Å²) in [6.45, 7) is 6.73. The Morgan fingerprint density at radius 3 is 2.43 bits per heavy atom. The number of nitrogens with zero attached hydrogens (tertiary/aromatic N) is 1. The normalized spacial score (nSPS) is 13.8. The molecular formula is C25H27ClF3NO5. The molecule has 0 aromatic heterocycles. The van der Waals surface area contributed by atoms with Gasteiger partial charge in [0.05, 0.1) is 12.2 Å². The Labute approximate surface area is 206 Å². The van der Waals surface area contributed by atoms with E-state index >= 15 is 0 Å². The van der Waals surface area contributed by atoms with Gasteiger partial charge in [-0.05, 0) is 80.6 Å². The summed E-state index contributed by atoms with van der Waals surface area (Å²) in [5.74, 6) is -0.303. The third kappa shape index (κ3) is 6.81. The monoisotopic (exact) mass is 513 g/mol. The zero-order chi connectivity index (χ0) is 26.0. The third-order valence-electron chi connectivity index (χ3n) is 5.21. The van der Waals surface area contributed by atoms with Gasteiger partial charge in [0.15, 0.2) is 6.61 Å². The number of hydrogen-bond donors (Lipinski definition) is 0. The van der Waals surface area contributed by atoms with Crippen LogP contribution in [0.25, 0.3) is 11.1 Å². The van der Waals surface area contributed by atoms with Crippen LogP contribution in [-0.2, 0) is 33.4 Å². The molecule has 35 heavy (non-hydrogen) atoms. The second-order valence-corrected chi connectivity index (χ2v) is 9.47. The topological polar surface area (TPSA) is 65.1 Å². The molecule has 190 valence electrons. The van der Waals surface area contributed by atoms with Crippen LogP contribution in [0.15, 0.2) is 30.3 Å². The van der Waals surface area contributed by atoms with Crippen molar-refractivity contribution in [3.05, 3.63) is 52.0 Å². The second-order valence-electron chi connectivity index (χ2n) is 9.04. The van der Waals surface area contributed by atoms with Gasteiger partial charge < -0.3 is 19.1 Å². The van der Waals surface area contributed by atoms with E-state index in [1.54, 1.807) is 39.8 Å². The van der Waals surface area contributed by atoms with E-state index in [4.69, 9.17) is 25.8 Å². The first-order valence-corrected chi connectivity index (χ1v) is 11.5. The minimum atomic E-state index is -4.54. The molecule has 1 aliphatic heterocycles. The van der Waals surface area contributed by atoms with Crippen LogP contribution in [-0.4, -0.2) is 42.3 Å². The Morgan fingerprint density at radius 2 is 1.80 bits per heavy atom. The summed E-state index contributed by atoms with van der Waals surface area (Å²) in [4.78, 5) is 25.7. The number of alkyl halides is 3. The first kappa shape index (κ1) is 26.7. The lowest BCUT2D eigenvalue weighted by molar-refractivity contribution is -0.145. The SMILES string of the molecule is CCOC(=O)COc1cc(Cl)cc(-c2ccc(C(F)(F)F)c3c2CN(C(=O)OC(C)(C)C)CC3)c1. The number of esters is 1. The third-order valence-corrected chi connectivity index (χ3v) is 5.43. The van der Waals surface area contributed by atoms with Crippen molar-refractivity contribution in [2.24, 2.45) is 0 Å². The lowest BCUT2D eigenvalue weighted by Gasteiger charge is -2.33. The van der Waals surface area contributed by atoms with Crippen molar-refractivity contribution in [1.82, 2.24) is 4.90 Å². The first-order chi connectivity index (χ1) is 16.3. The lowest BCUT2D eigenvalue weighted by Crippen LogP contribution is -2.40. The van der Waals surface area contributed by atoms with E-state index in [1.165, 1.54) is 17.0 Å². The van der Waals surface area contributed by atoms with Gasteiger partial charge in [0.2, 0.25) is 0 Å². The smallest absolute Gasteiger partial charge is 0.416 e. The van der Waals surface area contributed by atoms with Crippen molar-refractivity contribution in [2.75, 3.05) is 19.8 Å². The van der Waals surface area contributed by atoms with Crippen molar-refractivity contribution in [1.29, 1.82) is 0 Å². The van der Waals surface area contributed by atoms with Gasteiger partial charge in [-0.1, -0.05) is 17.7 Å². The molecule has 6 nitrogen and oxygen atoms in total. The van der Waals surface area contributed by atoms with Crippen LogP contribution in [0.2, 0.25) is 5.02 Å². The van der Waals surface area contributed by atoms with Crippen molar-refractivity contribution in [2.45, 2.75) is 52.4 Å². The van der Waals surface area contributed by atoms with Gasteiger partial charge >= 0.3 is 18.2 Å². The van der Waals surface area contributed by atoms with E-state index in [0.717, 1.165) is 6.07 Å². The molecule has 0 bridgehead atoms. The van der Waals surface area contributed by atoms with Crippen LogP contribution in [0.5, 0.6) is 5.75 Å². The number of hydrogen-bond acceptors (Lipinski definition) is 5. The van der Waals surface area contributed by atoms with Gasteiger partial charge in [-0.25, -0.2) is 9.59 Å². The van der Waals surface area contributed by atoms with Crippen LogP contribution in [0, 0.1) is 0 Å². The summed E-state index contributed by atoms with van der Waals surface area (Å²) in [5, 5.41) is 0.273. The Balaban J connectivity index is 2.02. The highest BCUT2D eigenvalue weighted by Gasteiger charge is 2.37. The quantitative estimate of drug-likeness (QED) is 0.441. The molecule has 0 N–H and O–H groups in total. The maximum absolute atomic E-state index is 13.8. The largest absolute Gasteiger partial charge is 0.482 e. The molecule has 3 rings (SSSR count). The Hall–Kier alpha value is -2.94. The zero-order valence-electron chi connectivity index (χ0n) is 19.9. The number of carbonyl (C=O) groups excluding carboxylic acids is 2. The van der Waals surface area contributed by atoms with Crippen molar-refractivity contribution < 1.29 is 37.0 Å². The maximum atomic E-state index is 13.8. The molecule has 0 saturated heterocycles. The molecule has 0 saturated carbocycles. The number of benzene rings is 2. The molecule has 0 spiro atoms. The average Bonchev–Trinajstić information content (AvgIpc) is 2.74. The molecule has 0 aliphatic carbocycles. The number of fused-ring (bicyclic) bond motifs is 1. The molecule has 2 aromatic carbocycles. The lowest BCUT2D eigenvalue weighted by atomic mass is 9.87. The summed E-state index contributed by atoms with van der Waals surface area (Å²) < 4.78 is 57.0. The fourth-order valence-corrected chi connectivity index (χ4v) is 4.07. The van der Waals surface area contributed by atoms with Crippen LogP contribution < -0.4 is 4.74 Å². The van der Waals surface area contributed by atoms with Gasteiger partial charge in [-0.3, -0.25) is 0 Å². The van der Waals surface area contributed by atoms with E-state index < -0.39 is 29.4 Å². The number of halogens is 4. The Bertz CT molecular complexity index is 1110. The Morgan fingerprint density at radius 1 is 1.09 bits per heavy atom. The standard InChI is InChI=1S/C25H27ClF3NO5/c1-5-33-22(31)14-34-17-11-15(10-16(26)12-17)18-6-7-21(25(27,28)29)19-8-9-30(13-20(18)19)23(32)35-24(2,3)4/h6-7,10-12H,5,8-9,13-14H2,1-4H3. The van der Waals surface area contributed by atoms with E-state index in [2.05, 4.69) is 0 Å². The van der Waals surface area contributed by atoms with Gasteiger partial charge in [0.25, 0.3) is 0 Å². The fraction of sp³-hybridized carbons (Fsp3) is 0.440. The molecule has 0 radical (unpaired) electrons. The summed E-state index contributed by atoms with van der Waals surface area (Å²) in [6, 6.07) is 7.07. The maximum Gasteiger partial charge on any atom is 0.416 e. The van der Waals surface area contributed by atoms with Gasteiger partial charge in [-0.15, -0.1) is 0 Å². The van der Waals surface area contributed by atoms with Crippen molar-refractivity contribution >= 4 is 23.7 Å². The predicted octanol–water partition coefficient (Wildman–Crippen LogP) is 6.26. The minimum absolute atomic E-state index is 0.0179. The van der Waals surface area contributed by atoms with E-state index in [0.29, 0.717) is 16.7 Å². The van der Waals surface area contributed by atoms with E-state index in [1.807, 2.05) is 0 Å². The number of carbonyl (C=O) groups is 2. The van der Waals surface area contributed by atoms with Crippen LogP contribution in [0.4, 0.5) is 18.0 Å². The van der Waals surface area contributed by atoms with Gasteiger partial charge in [0.1, 0.15) is 11.4 Å². The summed E-state index contributed by atoms with van der Waals surface area (Å²) in [6.07, 6.45) is -5.13. The zero-order valence-corrected chi connectivity index (χ0v) is 20.7. The fourth-order valence-electron chi connectivity index (χ4n) is 3.84. The summed E-state index contributed by atoms with van der Waals surface area (Å²) >= 11 is 6.25. The van der Waals surface area contributed by atoms with Gasteiger partial charge in [0, 0.05) is 18.1 Å². The molecule has 10 heteroatoms. The van der Waals surface area contributed by atoms with Crippen LogP contribution in [0.1, 0.15) is 44.4 Å². The highest BCUT2D eigenvalue weighted by molar-refractivity contribution is 6.31. The average molecular weight is 514 g/mol. The number of amides is 1. The van der Waals surface area contributed by atoms with Crippen LogP contribution in [0.3, 0.4) is 0 Å². The molecule has 1 aliphatic rings. The van der Waals surface area contributed by atoms with Crippen molar-refractivity contribution in [3.63, 3.8) is 0 Å². The minimum Gasteiger partial charge on any atom is -0.482 e. The Kier molecular flexibility index (Phi) is 7.89. The molecular weight excluding hydrogens is 487 g/mol. The molecule has 2 aromatic rings. The number of rotatable bonds is 5. The molecule has 1 amide bonds. The van der Waals surface area contributed by atoms with Gasteiger partial charge in [-0.2, -0.15) is 13.2 Å². The highest BCUT2D eigenvalue weighted by atomic mass is 35.5. The van der Waals surface area contributed by atoms with Crippen LogP contribution >= 0.6 is 11.6 Å². The summed E-state index contributed by atoms with van der Waals surface area (Å²) in [5.41, 5.74) is -0.0242. The van der Waals surface area contributed by atoms with Crippen molar-refractivity contribution in [3.8, 4) is 16.9 Å². The summed E-state index contributed by atoms with van der Waals surface area (Å²) in [7, 11) is 0. The molecule has 0 unspecified atom stereocenters. The van der Waals surface area contributed by atoms with E-state index in [9.17, 15) is 22.8 Å². The van der Waals surface area contributed by atoms with E-state index in [-0.39, 0.29) is 49.1 Å². The number of ether oxygens (including phenoxy) is 3. The molecule has 1 heterocycles. The first-order valence-electron chi connectivity index (χ1n) is 11.1. The molecule has 0 atom stereocenters. The highest BCUT2D eigenvalue weighted by Crippen LogP contribution is 2.41.